The molecule has 0 fully saturated rings. The van der Waals surface area contributed by atoms with Gasteiger partial charge in [0.25, 0.3) is 0 Å². The third-order valence-corrected chi connectivity index (χ3v) is 0.866. The number of rotatable bonds is 2. The van der Waals surface area contributed by atoms with E-state index in [9.17, 15) is 0 Å². The topological polar surface area (TPSA) is 0 Å². The van der Waals surface area contributed by atoms with E-state index in [1.165, 1.54) is 25.7 Å². The highest BCUT2D eigenvalue weighted by atomic mass is 13.9. The summed E-state index contributed by atoms with van der Waals surface area (Å²) in [4.78, 5) is 0. The molecule has 0 N–H and O–H groups in total. The Bertz CT molecular complexity index is 35.3. The molecule has 0 aromatic heterocycles. The van der Waals surface area contributed by atoms with Gasteiger partial charge in [-0.3, -0.25) is 0 Å². The van der Waals surface area contributed by atoms with Crippen molar-refractivity contribution in [1.82, 2.24) is 0 Å². The molecule has 0 aromatic rings. The van der Waals surface area contributed by atoms with Crippen LogP contribution in [0.4, 0.5) is 0 Å². The van der Waals surface area contributed by atoms with E-state index >= 15 is 0 Å². The van der Waals surface area contributed by atoms with E-state index < -0.39 is 0 Å². The Hall–Kier alpha value is 0. The smallest absolute Gasteiger partial charge is 0.0471 e. The van der Waals surface area contributed by atoms with Crippen molar-refractivity contribution < 1.29 is 0 Å². The summed E-state index contributed by atoms with van der Waals surface area (Å²) >= 11 is 0. The van der Waals surface area contributed by atoms with Crippen molar-refractivity contribution in [1.29, 1.82) is 0 Å². The Morgan fingerprint density at radius 3 is 0.812 bits per heavy atom. The van der Waals surface area contributed by atoms with E-state index in [1.807, 2.05) is 27.7 Å². The second-order valence-electron chi connectivity index (χ2n) is 3.60. The van der Waals surface area contributed by atoms with Crippen LogP contribution in [0.15, 0.2) is 0 Å². The maximum absolute atomic E-state index is 2.25. The molecule has 16 heavy (non-hydrogen) atoms. The number of hydrogen-bond donors (Lipinski definition) is 0. The van der Waals surface area contributed by atoms with Crippen molar-refractivity contribution in [2.75, 3.05) is 0 Å². The van der Waals surface area contributed by atoms with Gasteiger partial charge in [-0.1, -0.05) is 102 Å². The molecule has 0 aliphatic rings. The standard InChI is InChI=1S/C6H14.2C3H8.2C2H6/c1-4-5-6(2)3;2*1-3-2;2*1-2/h6H,4-5H2,1-3H3;2*3H2,1-2H3;2*1-2H3. The third kappa shape index (κ3) is 263. The lowest BCUT2D eigenvalue weighted by atomic mass is 10.1. The van der Waals surface area contributed by atoms with E-state index in [-0.39, 0.29) is 0 Å². The first-order chi connectivity index (χ1) is 7.60. The SMILES string of the molecule is CC.CC.CCC.CCC.CCCC(C)C. The summed E-state index contributed by atoms with van der Waals surface area (Å²) in [5.41, 5.74) is 0. The van der Waals surface area contributed by atoms with E-state index in [0.29, 0.717) is 0 Å². The van der Waals surface area contributed by atoms with Crippen molar-refractivity contribution >= 4 is 0 Å². The van der Waals surface area contributed by atoms with Gasteiger partial charge in [-0.2, -0.15) is 0 Å². The zero-order valence-corrected chi connectivity index (χ0v) is 14.4. The highest BCUT2D eigenvalue weighted by Gasteiger charge is 1.85. The van der Waals surface area contributed by atoms with Crippen LogP contribution in [0.1, 0.15) is 102 Å². The van der Waals surface area contributed by atoms with Crippen LogP contribution in [0.5, 0.6) is 0 Å². The fourth-order valence-electron chi connectivity index (χ4n) is 0.577. The summed E-state index contributed by atoms with van der Waals surface area (Å²) in [5, 5.41) is 0. The van der Waals surface area contributed by atoms with Gasteiger partial charge in [0.2, 0.25) is 0 Å². The van der Waals surface area contributed by atoms with Gasteiger partial charge in [0.05, 0.1) is 0 Å². The second-order valence-corrected chi connectivity index (χ2v) is 3.60. The van der Waals surface area contributed by atoms with Crippen LogP contribution in [-0.2, 0) is 0 Å². The summed E-state index contributed by atoms with van der Waals surface area (Å²) in [6, 6.07) is 0. The second kappa shape index (κ2) is 60.0. The van der Waals surface area contributed by atoms with Crippen LogP contribution in [-0.4, -0.2) is 0 Å². The van der Waals surface area contributed by atoms with Gasteiger partial charge in [-0.25, -0.2) is 0 Å². The van der Waals surface area contributed by atoms with E-state index in [2.05, 4.69) is 48.5 Å². The van der Waals surface area contributed by atoms with Crippen molar-refractivity contribution in [3.8, 4) is 0 Å². The highest BCUT2D eigenvalue weighted by Crippen LogP contribution is 2.00. The largest absolute Gasteiger partial charge is 0.0683 e. The molecule has 0 heteroatoms. The summed E-state index contributed by atoms with van der Waals surface area (Å²) in [5.74, 6) is 0.898. The van der Waals surface area contributed by atoms with Crippen LogP contribution in [0.3, 0.4) is 0 Å². The van der Waals surface area contributed by atoms with Gasteiger partial charge in [0, 0.05) is 0 Å². The fraction of sp³-hybridized carbons (Fsp3) is 1.00. The van der Waals surface area contributed by atoms with Crippen LogP contribution < -0.4 is 0 Å². The lowest BCUT2D eigenvalue weighted by molar-refractivity contribution is 0.576. The van der Waals surface area contributed by atoms with E-state index in [1.54, 1.807) is 0 Å². The van der Waals surface area contributed by atoms with E-state index in [0.717, 1.165) is 5.92 Å². The van der Waals surface area contributed by atoms with Crippen molar-refractivity contribution in [3.63, 3.8) is 0 Å². The lowest BCUT2D eigenvalue weighted by Crippen LogP contribution is -1.81. The zero-order chi connectivity index (χ0) is 14.4. The summed E-state index contributed by atoms with van der Waals surface area (Å²) < 4.78 is 0. The molecule has 0 atom stereocenters. The first kappa shape index (κ1) is 29.8. The minimum absolute atomic E-state index is 0.898. The molecule has 0 aliphatic heterocycles. The Balaban J connectivity index is -0.0000000349. The Morgan fingerprint density at radius 2 is 0.812 bits per heavy atom. The number of hydrogen-bond acceptors (Lipinski definition) is 0. The molecule has 0 rings (SSSR count). The summed E-state index contributed by atoms with van der Waals surface area (Å²) in [6.07, 6.45) is 5.21. The molecular formula is C16H42. The average Bonchev–Trinajstić information content (AvgIpc) is 2.26. The molecule has 0 amide bonds. The predicted molar refractivity (Wildman–Crippen MR) is 84.4 cm³/mol. The van der Waals surface area contributed by atoms with Crippen LogP contribution >= 0.6 is 0 Å². The molecule has 0 spiro atoms. The van der Waals surface area contributed by atoms with Gasteiger partial charge >= 0.3 is 0 Å². The monoisotopic (exact) mass is 234 g/mol. The third-order valence-electron chi connectivity index (χ3n) is 0.866. The normalized spacial score (nSPS) is 6.75. The maximum Gasteiger partial charge on any atom is -0.0471 e. The Labute approximate surface area is 108 Å². The molecule has 0 radical (unpaired) electrons. The molecule has 0 saturated heterocycles. The molecule has 0 aromatic carbocycles. The van der Waals surface area contributed by atoms with Crippen LogP contribution in [0, 0.1) is 5.92 Å². The average molecular weight is 235 g/mol. The summed E-state index contributed by atoms with van der Waals surface area (Å²) in [6.45, 7) is 23.2. The van der Waals surface area contributed by atoms with Crippen molar-refractivity contribution in [2.45, 2.75) is 102 Å². The van der Waals surface area contributed by atoms with Gasteiger partial charge in [0.15, 0.2) is 0 Å². The van der Waals surface area contributed by atoms with Gasteiger partial charge in [-0.05, 0) is 5.92 Å². The minimum Gasteiger partial charge on any atom is -0.0683 e. The maximum atomic E-state index is 2.25. The van der Waals surface area contributed by atoms with Crippen molar-refractivity contribution in [2.24, 2.45) is 5.92 Å². The van der Waals surface area contributed by atoms with Gasteiger partial charge in [0.1, 0.15) is 0 Å². The molecule has 0 unspecified atom stereocenters. The highest BCUT2D eigenvalue weighted by molar-refractivity contribution is 4.38. The molecular weight excluding hydrogens is 192 g/mol. The fourth-order valence-corrected chi connectivity index (χ4v) is 0.577. The van der Waals surface area contributed by atoms with Gasteiger partial charge in [-0.15, -0.1) is 0 Å². The van der Waals surface area contributed by atoms with Crippen LogP contribution in [0.25, 0.3) is 0 Å². The predicted octanol–water partition coefficient (Wildman–Crippen LogP) is 7.33. The first-order valence-corrected chi connectivity index (χ1v) is 7.60. The molecule has 0 bridgehead atoms. The lowest BCUT2D eigenvalue weighted by Gasteiger charge is -1.95. The molecule has 0 heterocycles. The molecule has 0 nitrogen and oxygen atoms in total. The molecule has 0 saturated carbocycles. The van der Waals surface area contributed by atoms with E-state index in [4.69, 9.17) is 0 Å². The zero-order valence-electron chi connectivity index (χ0n) is 14.4. The van der Waals surface area contributed by atoms with Crippen molar-refractivity contribution in [3.05, 3.63) is 0 Å². The molecule has 0 aliphatic carbocycles. The quantitative estimate of drug-likeness (QED) is 0.469. The molecule has 106 valence electrons. The Kier molecular flexibility index (Phi) is 112. The Morgan fingerprint density at radius 1 is 0.625 bits per heavy atom. The minimum atomic E-state index is 0.898. The van der Waals surface area contributed by atoms with Crippen LogP contribution in [0.2, 0.25) is 0 Å². The van der Waals surface area contributed by atoms with Gasteiger partial charge < -0.3 is 0 Å². The first-order valence-electron chi connectivity index (χ1n) is 7.60. The summed E-state index contributed by atoms with van der Waals surface area (Å²) in [7, 11) is 0.